The molecule has 1 saturated heterocycles. The Morgan fingerprint density at radius 3 is 2.77 bits per heavy atom. The third kappa shape index (κ3) is 2.48. The van der Waals surface area contributed by atoms with Crippen LogP contribution in [0.25, 0.3) is 11.0 Å². The van der Waals surface area contributed by atoms with E-state index in [1.165, 1.54) is 0 Å². The van der Waals surface area contributed by atoms with Crippen LogP contribution in [0.2, 0.25) is 0 Å². The maximum absolute atomic E-state index is 13.1. The zero-order chi connectivity index (χ0) is 17.7. The Morgan fingerprint density at radius 1 is 1.19 bits per heavy atom. The molecule has 0 aromatic carbocycles. The molecule has 2 saturated carbocycles. The maximum atomic E-state index is 13.1. The molecule has 2 aromatic rings. The topological polar surface area (TPSA) is 82.2 Å². The van der Waals surface area contributed by atoms with Crippen LogP contribution in [0.3, 0.4) is 0 Å². The van der Waals surface area contributed by atoms with Gasteiger partial charge in [0, 0.05) is 44.6 Å². The van der Waals surface area contributed by atoms with Crippen LogP contribution in [0.1, 0.15) is 38.5 Å². The van der Waals surface area contributed by atoms with Gasteiger partial charge in [-0.3, -0.25) is 9.59 Å². The average molecular weight is 353 g/mol. The molecule has 26 heavy (non-hydrogen) atoms. The third-order valence-corrected chi connectivity index (χ3v) is 6.27. The molecule has 0 bridgehead atoms. The SMILES string of the molecule is O=C1CCC(C(=O)N2CCN(c3ncnc4[nH]ccc34)CC23CC3)CC1. The van der Waals surface area contributed by atoms with Crippen LogP contribution >= 0.6 is 0 Å². The van der Waals surface area contributed by atoms with Crippen molar-refractivity contribution in [1.82, 2.24) is 19.9 Å². The van der Waals surface area contributed by atoms with Gasteiger partial charge in [-0.15, -0.1) is 0 Å². The Kier molecular flexibility index (Phi) is 3.52. The van der Waals surface area contributed by atoms with E-state index in [9.17, 15) is 9.59 Å². The van der Waals surface area contributed by atoms with Gasteiger partial charge in [-0.05, 0) is 31.7 Å². The van der Waals surface area contributed by atoms with Crippen LogP contribution in [0.15, 0.2) is 18.6 Å². The third-order valence-electron chi connectivity index (χ3n) is 6.27. The zero-order valence-electron chi connectivity index (χ0n) is 14.8. The molecule has 1 aliphatic heterocycles. The first kappa shape index (κ1) is 15.8. The number of anilines is 1. The highest BCUT2D eigenvalue weighted by molar-refractivity contribution is 5.88. The number of Topliss-reactive ketones (excluding diaryl/α,β-unsaturated/α-hetero) is 1. The summed E-state index contributed by atoms with van der Waals surface area (Å²) in [7, 11) is 0. The largest absolute Gasteiger partial charge is 0.352 e. The molecule has 0 atom stereocenters. The lowest BCUT2D eigenvalue weighted by Crippen LogP contribution is -2.58. The number of hydrogen-bond acceptors (Lipinski definition) is 5. The smallest absolute Gasteiger partial charge is 0.226 e. The number of hydrogen-bond donors (Lipinski definition) is 1. The Morgan fingerprint density at radius 2 is 2.00 bits per heavy atom. The van der Waals surface area contributed by atoms with Gasteiger partial charge in [0.25, 0.3) is 0 Å². The van der Waals surface area contributed by atoms with Gasteiger partial charge in [-0.2, -0.15) is 0 Å². The van der Waals surface area contributed by atoms with Gasteiger partial charge < -0.3 is 14.8 Å². The van der Waals surface area contributed by atoms with Crippen LogP contribution in [0, 0.1) is 5.92 Å². The van der Waals surface area contributed by atoms with E-state index < -0.39 is 0 Å². The van der Waals surface area contributed by atoms with Crippen molar-refractivity contribution in [2.24, 2.45) is 5.92 Å². The summed E-state index contributed by atoms with van der Waals surface area (Å²) in [5.74, 6) is 1.56. The molecular formula is C19H23N5O2. The highest BCUT2D eigenvalue weighted by atomic mass is 16.2. The van der Waals surface area contributed by atoms with Crippen LogP contribution < -0.4 is 4.90 Å². The molecule has 7 heteroatoms. The first-order valence-corrected chi connectivity index (χ1v) is 9.52. The number of rotatable bonds is 2. The molecule has 136 valence electrons. The number of fused-ring (bicyclic) bond motifs is 1. The van der Waals surface area contributed by atoms with E-state index in [-0.39, 0.29) is 17.4 Å². The van der Waals surface area contributed by atoms with Crippen molar-refractivity contribution in [1.29, 1.82) is 0 Å². The summed E-state index contributed by atoms with van der Waals surface area (Å²) in [4.78, 5) is 40.9. The Bertz CT molecular complexity index is 862. The average Bonchev–Trinajstić information content (AvgIpc) is 3.24. The van der Waals surface area contributed by atoms with E-state index in [1.807, 2.05) is 12.3 Å². The summed E-state index contributed by atoms with van der Waals surface area (Å²) >= 11 is 0. The molecule has 7 nitrogen and oxygen atoms in total. The number of ketones is 1. The fourth-order valence-electron chi connectivity index (χ4n) is 4.59. The van der Waals surface area contributed by atoms with E-state index in [0.717, 1.165) is 62.2 Å². The highest BCUT2D eigenvalue weighted by Gasteiger charge is 2.54. The number of carbonyl (C=O) groups excluding carboxylic acids is 2. The molecular weight excluding hydrogens is 330 g/mol. The van der Waals surface area contributed by atoms with Crippen LogP contribution in [-0.4, -0.2) is 56.7 Å². The number of nitrogens with zero attached hydrogens (tertiary/aromatic N) is 4. The van der Waals surface area contributed by atoms with E-state index in [4.69, 9.17) is 0 Å². The normalized spacial score (nSPS) is 23.0. The minimum atomic E-state index is -0.0373. The summed E-state index contributed by atoms with van der Waals surface area (Å²) in [6, 6.07) is 2.01. The van der Waals surface area contributed by atoms with E-state index in [1.54, 1.807) is 6.33 Å². The quantitative estimate of drug-likeness (QED) is 0.892. The summed E-state index contributed by atoms with van der Waals surface area (Å²) in [6.07, 6.45) is 8.19. The zero-order valence-corrected chi connectivity index (χ0v) is 14.8. The number of H-pyrrole nitrogens is 1. The molecule has 1 spiro atoms. The fraction of sp³-hybridized carbons (Fsp3) is 0.579. The van der Waals surface area contributed by atoms with E-state index in [0.29, 0.717) is 18.6 Å². The summed E-state index contributed by atoms with van der Waals surface area (Å²) in [5.41, 5.74) is 0.815. The number of piperazine rings is 1. The lowest BCUT2D eigenvalue weighted by Gasteiger charge is -2.44. The maximum Gasteiger partial charge on any atom is 0.226 e. The van der Waals surface area contributed by atoms with Gasteiger partial charge in [-0.25, -0.2) is 9.97 Å². The predicted octanol–water partition coefficient (Wildman–Crippen LogP) is 1.90. The second-order valence-corrected chi connectivity index (χ2v) is 7.89. The molecule has 5 rings (SSSR count). The number of nitrogens with one attached hydrogen (secondary N) is 1. The van der Waals surface area contributed by atoms with E-state index in [2.05, 4.69) is 24.8 Å². The molecule has 3 heterocycles. The number of carbonyl (C=O) groups is 2. The number of aromatic nitrogens is 3. The molecule has 1 amide bonds. The highest BCUT2D eigenvalue weighted by Crippen LogP contribution is 2.46. The lowest BCUT2D eigenvalue weighted by atomic mass is 9.86. The van der Waals surface area contributed by atoms with Crippen molar-refractivity contribution in [3.8, 4) is 0 Å². The summed E-state index contributed by atoms with van der Waals surface area (Å²) in [6.45, 7) is 2.36. The van der Waals surface area contributed by atoms with Gasteiger partial charge in [-0.1, -0.05) is 0 Å². The van der Waals surface area contributed by atoms with Crippen LogP contribution in [0.5, 0.6) is 0 Å². The fourth-order valence-corrected chi connectivity index (χ4v) is 4.59. The van der Waals surface area contributed by atoms with Crippen molar-refractivity contribution in [3.05, 3.63) is 18.6 Å². The van der Waals surface area contributed by atoms with Crippen molar-refractivity contribution < 1.29 is 9.59 Å². The minimum absolute atomic E-state index is 0.0344. The molecule has 2 aliphatic carbocycles. The summed E-state index contributed by atoms with van der Waals surface area (Å²) in [5, 5.41) is 1.04. The van der Waals surface area contributed by atoms with Crippen molar-refractivity contribution in [2.75, 3.05) is 24.5 Å². The van der Waals surface area contributed by atoms with Crippen LogP contribution in [0.4, 0.5) is 5.82 Å². The first-order valence-electron chi connectivity index (χ1n) is 9.52. The van der Waals surface area contributed by atoms with Crippen molar-refractivity contribution in [2.45, 2.75) is 44.1 Å². The molecule has 3 aliphatic rings. The standard InChI is InChI=1S/C19H23N5O2/c25-14-3-1-13(2-4-14)18(26)24-10-9-23(11-19(24)6-7-19)17-15-5-8-20-16(15)21-12-22-17/h5,8,12-13H,1-4,6-7,9-11H2,(H,20,21,22). The monoisotopic (exact) mass is 353 g/mol. The van der Waals surface area contributed by atoms with Gasteiger partial charge in [0.2, 0.25) is 5.91 Å². The summed E-state index contributed by atoms with van der Waals surface area (Å²) < 4.78 is 0. The van der Waals surface area contributed by atoms with Gasteiger partial charge in [0.15, 0.2) is 0 Å². The molecule has 1 N–H and O–H groups in total. The number of amides is 1. The van der Waals surface area contributed by atoms with Gasteiger partial charge in [0.1, 0.15) is 23.6 Å². The van der Waals surface area contributed by atoms with Crippen molar-refractivity contribution >= 4 is 28.5 Å². The minimum Gasteiger partial charge on any atom is -0.352 e. The molecule has 0 radical (unpaired) electrons. The Labute approximate surface area is 151 Å². The molecule has 3 fully saturated rings. The second kappa shape index (κ2) is 5.79. The second-order valence-electron chi connectivity index (χ2n) is 7.89. The lowest BCUT2D eigenvalue weighted by molar-refractivity contribution is -0.141. The van der Waals surface area contributed by atoms with Gasteiger partial charge >= 0.3 is 0 Å². The van der Waals surface area contributed by atoms with Gasteiger partial charge in [0.05, 0.1) is 10.9 Å². The number of aromatic amines is 1. The van der Waals surface area contributed by atoms with Crippen LogP contribution in [-0.2, 0) is 9.59 Å². The molecule has 0 unspecified atom stereocenters. The predicted molar refractivity (Wildman–Crippen MR) is 96.7 cm³/mol. The Balaban J connectivity index is 1.35. The first-order chi connectivity index (χ1) is 12.7. The van der Waals surface area contributed by atoms with Crippen molar-refractivity contribution in [3.63, 3.8) is 0 Å². The van der Waals surface area contributed by atoms with E-state index >= 15 is 0 Å². The Hall–Kier alpha value is -2.44. The molecule has 2 aromatic heterocycles.